The SMILES string of the molecule is C[C@@H]1CC(C)(C)C[C@@]2(C1)NC(=O)N(CC(=O)Nc1ccc(Cl)cc1)C2=O. The molecule has 2 atom stereocenters. The van der Waals surface area contributed by atoms with Crippen molar-refractivity contribution in [1.29, 1.82) is 0 Å². The fourth-order valence-electron chi connectivity index (χ4n) is 4.53. The van der Waals surface area contributed by atoms with Crippen molar-refractivity contribution in [3.8, 4) is 0 Å². The lowest BCUT2D eigenvalue weighted by molar-refractivity contribution is -0.136. The van der Waals surface area contributed by atoms with Crippen molar-refractivity contribution in [2.75, 3.05) is 11.9 Å². The number of hydrogen-bond donors (Lipinski definition) is 2. The molecule has 2 aliphatic rings. The van der Waals surface area contributed by atoms with Crippen LogP contribution < -0.4 is 10.6 Å². The quantitative estimate of drug-likeness (QED) is 0.792. The van der Waals surface area contributed by atoms with E-state index in [-0.39, 0.29) is 17.9 Å². The molecule has 6 nitrogen and oxygen atoms in total. The van der Waals surface area contributed by atoms with Crippen LogP contribution >= 0.6 is 11.6 Å². The summed E-state index contributed by atoms with van der Waals surface area (Å²) in [5.41, 5.74) is -0.366. The molecule has 0 aromatic heterocycles. The average Bonchev–Trinajstić information content (AvgIpc) is 2.71. The number of carbonyl (C=O) groups is 3. The second-order valence-corrected chi connectivity index (χ2v) is 8.75. The minimum absolute atomic E-state index is 0.0395. The summed E-state index contributed by atoms with van der Waals surface area (Å²) in [6.07, 6.45) is 2.20. The molecule has 140 valence electrons. The van der Waals surface area contributed by atoms with E-state index >= 15 is 0 Å². The molecule has 0 unspecified atom stereocenters. The summed E-state index contributed by atoms with van der Waals surface area (Å²) in [7, 11) is 0. The lowest BCUT2D eigenvalue weighted by Gasteiger charge is -2.43. The second kappa shape index (κ2) is 6.58. The van der Waals surface area contributed by atoms with Gasteiger partial charge in [0.2, 0.25) is 5.91 Å². The smallest absolute Gasteiger partial charge is 0.325 e. The molecule has 1 saturated carbocycles. The van der Waals surface area contributed by atoms with E-state index in [4.69, 9.17) is 11.6 Å². The highest BCUT2D eigenvalue weighted by atomic mass is 35.5. The number of halogens is 1. The molecule has 2 fully saturated rings. The van der Waals surface area contributed by atoms with E-state index < -0.39 is 17.5 Å². The van der Waals surface area contributed by atoms with Gasteiger partial charge in [-0.25, -0.2) is 4.79 Å². The molecule has 1 spiro atoms. The van der Waals surface area contributed by atoms with Crippen LogP contribution in [-0.2, 0) is 9.59 Å². The maximum Gasteiger partial charge on any atom is 0.325 e. The van der Waals surface area contributed by atoms with Gasteiger partial charge in [-0.1, -0.05) is 32.4 Å². The van der Waals surface area contributed by atoms with Crippen LogP contribution in [0.25, 0.3) is 0 Å². The Morgan fingerprint density at radius 3 is 2.54 bits per heavy atom. The van der Waals surface area contributed by atoms with Crippen LogP contribution in [0.3, 0.4) is 0 Å². The first-order chi connectivity index (χ1) is 12.1. The molecule has 1 saturated heterocycles. The minimum Gasteiger partial charge on any atom is -0.325 e. The zero-order valence-corrected chi connectivity index (χ0v) is 16.0. The van der Waals surface area contributed by atoms with Gasteiger partial charge in [-0.3, -0.25) is 14.5 Å². The van der Waals surface area contributed by atoms with Gasteiger partial charge in [0.05, 0.1) is 0 Å². The number of hydrogen-bond acceptors (Lipinski definition) is 3. The number of anilines is 1. The van der Waals surface area contributed by atoms with E-state index in [9.17, 15) is 14.4 Å². The third-order valence-corrected chi connectivity index (χ3v) is 5.31. The molecule has 0 bridgehead atoms. The first kappa shape index (κ1) is 18.7. The van der Waals surface area contributed by atoms with Crippen LogP contribution in [0.5, 0.6) is 0 Å². The molecule has 1 heterocycles. The molecule has 26 heavy (non-hydrogen) atoms. The number of benzene rings is 1. The Kier molecular flexibility index (Phi) is 4.73. The number of nitrogens with one attached hydrogen (secondary N) is 2. The van der Waals surface area contributed by atoms with Gasteiger partial charge < -0.3 is 10.6 Å². The van der Waals surface area contributed by atoms with E-state index in [1.54, 1.807) is 24.3 Å². The van der Waals surface area contributed by atoms with E-state index in [1.165, 1.54) is 0 Å². The monoisotopic (exact) mass is 377 g/mol. The number of amides is 4. The van der Waals surface area contributed by atoms with Crippen LogP contribution in [0.2, 0.25) is 5.02 Å². The Bertz CT molecular complexity index is 747. The number of rotatable bonds is 3. The summed E-state index contributed by atoms with van der Waals surface area (Å²) >= 11 is 5.82. The van der Waals surface area contributed by atoms with Crippen LogP contribution in [0.1, 0.15) is 40.0 Å². The molecule has 4 amide bonds. The highest BCUT2D eigenvalue weighted by molar-refractivity contribution is 6.30. The largest absolute Gasteiger partial charge is 0.325 e. The summed E-state index contributed by atoms with van der Waals surface area (Å²) in [5, 5.41) is 6.12. The summed E-state index contributed by atoms with van der Waals surface area (Å²) < 4.78 is 0. The standard InChI is InChI=1S/C19H24ClN3O3/c1-12-8-18(2,3)11-19(9-12)16(25)23(17(26)22-19)10-15(24)21-14-6-4-13(20)5-7-14/h4-7,12H,8-11H2,1-3H3,(H,21,24)(H,22,26)/t12-,19-/m1/s1. The van der Waals surface area contributed by atoms with Crippen molar-refractivity contribution in [2.24, 2.45) is 11.3 Å². The summed E-state index contributed by atoms with van der Waals surface area (Å²) in [4.78, 5) is 38.7. The van der Waals surface area contributed by atoms with Gasteiger partial charge in [-0.2, -0.15) is 0 Å². The van der Waals surface area contributed by atoms with E-state index in [0.717, 1.165) is 11.3 Å². The average molecular weight is 378 g/mol. The Morgan fingerprint density at radius 1 is 1.27 bits per heavy atom. The summed E-state index contributed by atoms with van der Waals surface area (Å²) in [6, 6.07) is 6.15. The number of nitrogens with zero attached hydrogens (tertiary/aromatic N) is 1. The van der Waals surface area contributed by atoms with Gasteiger partial charge in [0.1, 0.15) is 12.1 Å². The highest BCUT2D eigenvalue weighted by Crippen LogP contribution is 2.46. The Morgan fingerprint density at radius 2 is 1.92 bits per heavy atom. The first-order valence-electron chi connectivity index (χ1n) is 8.80. The fraction of sp³-hybridized carbons (Fsp3) is 0.526. The molecule has 1 aromatic carbocycles. The van der Waals surface area contributed by atoms with Gasteiger partial charge in [0, 0.05) is 10.7 Å². The molecule has 1 aromatic rings. The van der Waals surface area contributed by atoms with Gasteiger partial charge in [0.15, 0.2) is 0 Å². The van der Waals surface area contributed by atoms with Crippen molar-refractivity contribution in [1.82, 2.24) is 10.2 Å². The lowest BCUT2D eigenvalue weighted by Crippen LogP contribution is -2.54. The zero-order valence-electron chi connectivity index (χ0n) is 15.3. The normalized spacial score (nSPS) is 27.5. The molecule has 1 aliphatic heterocycles. The predicted molar refractivity (Wildman–Crippen MR) is 99.9 cm³/mol. The maximum atomic E-state index is 13.0. The number of carbonyl (C=O) groups excluding carboxylic acids is 3. The Balaban J connectivity index is 1.71. The van der Waals surface area contributed by atoms with Crippen LogP contribution in [0.4, 0.5) is 10.5 Å². The molecular formula is C19H24ClN3O3. The third kappa shape index (κ3) is 3.70. The molecule has 7 heteroatoms. The van der Waals surface area contributed by atoms with Crippen molar-refractivity contribution in [3.05, 3.63) is 29.3 Å². The maximum absolute atomic E-state index is 13.0. The summed E-state index contributed by atoms with van der Waals surface area (Å²) in [6.45, 7) is 6.02. The van der Waals surface area contributed by atoms with Gasteiger partial charge >= 0.3 is 6.03 Å². The Labute approximate surface area is 158 Å². The van der Waals surface area contributed by atoms with Crippen LogP contribution in [0.15, 0.2) is 24.3 Å². The van der Waals surface area contributed by atoms with Gasteiger partial charge in [-0.15, -0.1) is 0 Å². The van der Waals surface area contributed by atoms with E-state index in [1.807, 2.05) is 0 Å². The molecule has 0 radical (unpaired) electrons. The predicted octanol–water partition coefficient (Wildman–Crippen LogP) is 3.42. The van der Waals surface area contributed by atoms with Crippen molar-refractivity contribution >= 4 is 35.1 Å². The molecule has 1 aliphatic carbocycles. The zero-order chi connectivity index (χ0) is 19.1. The minimum atomic E-state index is -0.890. The van der Waals surface area contributed by atoms with Crippen molar-refractivity contribution in [2.45, 2.75) is 45.6 Å². The van der Waals surface area contributed by atoms with Crippen molar-refractivity contribution in [3.63, 3.8) is 0 Å². The summed E-state index contributed by atoms with van der Waals surface area (Å²) in [5.74, 6) is -0.393. The number of imide groups is 1. The van der Waals surface area contributed by atoms with Gasteiger partial charge in [-0.05, 0) is 54.9 Å². The molecule has 2 N–H and O–H groups in total. The van der Waals surface area contributed by atoms with Crippen molar-refractivity contribution < 1.29 is 14.4 Å². The molecule has 3 rings (SSSR count). The van der Waals surface area contributed by atoms with E-state index in [0.29, 0.717) is 29.5 Å². The third-order valence-electron chi connectivity index (χ3n) is 5.05. The van der Waals surface area contributed by atoms with Gasteiger partial charge in [0.25, 0.3) is 5.91 Å². The fourth-order valence-corrected chi connectivity index (χ4v) is 4.65. The Hall–Kier alpha value is -2.08. The van der Waals surface area contributed by atoms with Crippen LogP contribution in [-0.4, -0.2) is 34.8 Å². The number of urea groups is 1. The first-order valence-corrected chi connectivity index (χ1v) is 9.18. The highest BCUT2D eigenvalue weighted by Gasteiger charge is 2.56. The molecular weight excluding hydrogens is 354 g/mol. The van der Waals surface area contributed by atoms with E-state index in [2.05, 4.69) is 31.4 Å². The van der Waals surface area contributed by atoms with Crippen LogP contribution in [0, 0.1) is 11.3 Å². The topological polar surface area (TPSA) is 78.5 Å². The second-order valence-electron chi connectivity index (χ2n) is 8.31. The lowest BCUT2D eigenvalue weighted by atomic mass is 9.64.